The summed E-state index contributed by atoms with van der Waals surface area (Å²) in [5, 5.41) is 4.25. The second-order valence-corrected chi connectivity index (χ2v) is 4.03. The van der Waals surface area contributed by atoms with Crippen molar-refractivity contribution in [3.05, 3.63) is 53.9 Å². The lowest BCUT2D eigenvalue weighted by Gasteiger charge is -2.03. The van der Waals surface area contributed by atoms with Gasteiger partial charge < -0.3 is 0 Å². The first-order chi connectivity index (χ1) is 8.63. The topological polar surface area (TPSA) is 30.2 Å². The summed E-state index contributed by atoms with van der Waals surface area (Å²) in [5.41, 5.74) is 2.24. The highest BCUT2D eigenvalue weighted by molar-refractivity contribution is 5.61. The van der Waals surface area contributed by atoms with Gasteiger partial charge in [-0.25, -0.2) is 18.3 Å². The standard InChI is InChI=1S/C13H9F2N3/c1-8-7-18-13(16-8)5-4-12(17-18)10-3-2-9(14)6-11(10)15/h2-7H,1H3. The molecule has 0 saturated carbocycles. The fourth-order valence-electron chi connectivity index (χ4n) is 1.84. The van der Waals surface area contributed by atoms with Gasteiger partial charge in [0.15, 0.2) is 5.65 Å². The molecule has 0 radical (unpaired) electrons. The molecule has 0 aliphatic rings. The van der Waals surface area contributed by atoms with Gasteiger partial charge in [0, 0.05) is 11.6 Å². The van der Waals surface area contributed by atoms with Gasteiger partial charge in [0.2, 0.25) is 0 Å². The van der Waals surface area contributed by atoms with Crippen LogP contribution < -0.4 is 0 Å². The predicted molar refractivity (Wildman–Crippen MR) is 63.1 cm³/mol. The summed E-state index contributed by atoms with van der Waals surface area (Å²) in [4.78, 5) is 4.23. The van der Waals surface area contributed by atoms with Crippen molar-refractivity contribution in [1.82, 2.24) is 14.6 Å². The first kappa shape index (κ1) is 10.8. The number of imidazole rings is 1. The summed E-state index contributed by atoms with van der Waals surface area (Å²) in [6, 6.07) is 6.85. The molecule has 90 valence electrons. The highest BCUT2D eigenvalue weighted by Gasteiger charge is 2.09. The van der Waals surface area contributed by atoms with E-state index in [4.69, 9.17) is 0 Å². The Bertz CT molecular complexity index is 734. The molecule has 0 spiro atoms. The minimum atomic E-state index is -0.626. The normalized spacial score (nSPS) is 11.1. The van der Waals surface area contributed by atoms with E-state index in [9.17, 15) is 8.78 Å². The number of hydrogen-bond acceptors (Lipinski definition) is 2. The Hall–Kier alpha value is -2.30. The fraction of sp³-hybridized carbons (Fsp3) is 0.0769. The second-order valence-electron chi connectivity index (χ2n) is 4.03. The molecule has 1 aromatic carbocycles. The Morgan fingerprint density at radius 1 is 1.11 bits per heavy atom. The van der Waals surface area contributed by atoms with E-state index in [1.54, 1.807) is 22.8 Å². The van der Waals surface area contributed by atoms with Crippen LogP contribution in [-0.2, 0) is 0 Å². The van der Waals surface area contributed by atoms with Gasteiger partial charge >= 0.3 is 0 Å². The highest BCUT2D eigenvalue weighted by atomic mass is 19.1. The number of benzene rings is 1. The van der Waals surface area contributed by atoms with Crippen LogP contribution in [0.15, 0.2) is 36.5 Å². The van der Waals surface area contributed by atoms with Gasteiger partial charge in [0.05, 0.1) is 17.6 Å². The molecular weight excluding hydrogens is 236 g/mol. The zero-order valence-corrected chi connectivity index (χ0v) is 9.56. The van der Waals surface area contributed by atoms with E-state index in [-0.39, 0.29) is 5.56 Å². The van der Waals surface area contributed by atoms with Gasteiger partial charge in [-0.15, -0.1) is 0 Å². The van der Waals surface area contributed by atoms with Crippen molar-refractivity contribution in [3.8, 4) is 11.3 Å². The summed E-state index contributed by atoms with van der Waals surface area (Å²) in [6.07, 6.45) is 1.75. The summed E-state index contributed by atoms with van der Waals surface area (Å²) < 4.78 is 28.1. The van der Waals surface area contributed by atoms with Crippen molar-refractivity contribution < 1.29 is 8.78 Å². The molecule has 0 fully saturated rings. The van der Waals surface area contributed by atoms with Crippen molar-refractivity contribution in [1.29, 1.82) is 0 Å². The van der Waals surface area contributed by atoms with Gasteiger partial charge in [-0.1, -0.05) is 0 Å². The Labute approximate surface area is 102 Å². The maximum absolute atomic E-state index is 13.6. The maximum Gasteiger partial charge on any atom is 0.153 e. The third-order valence-corrected chi connectivity index (χ3v) is 2.65. The first-order valence-electron chi connectivity index (χ1n) is 5.42. The predicted octanol–water partition coefficient (Wildman–Crippen LogP) is 2.98. The maximum atomic E-state index is 13.6. The molecule has 0 aliphatic carbocycles. The lowest BCUT2D eigenvalue weighted by Crippen LogP contribution is -1.95. The van der Waals surface area contributed by atoms with Crippen molar-refractivity contribution in [2.24, 2.45) is 0 Å². The first-order valence-corrected chi connectivity index (χ1v) is 5.42. The van der Waals surface area contributed by atoms with Crippen molar-refractivity contribution in [2.75, 3.05) is 0 Å². The largest absolute Gasteiger partial charge is 0.232 e. The van der Waals surface area contributed by atoms with Crippen LogP contribution in [0.1, 0.15) is 5.69 Å². The van der Waals surface area contributed by atoms with Crippen molar-refractivity contribution in [3.63, 3.8) is 0 Å². The molecule has 3 rings (SSSR count). The molecular formula is C13H9F2N3. The quantitative estimate of drug-likeness (QED) is 0.659. The Balaban J connectivity index is 2.18. The summed E-state index contributed by atoms with van der Waals surface area (Å²) in [5.74, 6) is -1.23. The number of halogens is 2. The van der Waals surface area contributed by atoms with Gasteiger partial charge in [0.25, 0.3) is 0 Å². The van der Waals surface area contributed by atoms with Gasteiger partial charge in [-0.3, -0.25) is 0 Å². The molecule has 0 unspecified atom stereocenters. The van der Waals surface area contributed by atoms with Crippen molar-refractivity contribution in [2.45, 2.75) is 6.92 Å². The van der Waals surface area contributed by atoms with Gasteiger partial charge in [-0.05, 0) is 31.2 Å². The average molecular weight is 245 g/mol. The third kappa shape index (κ3) is 1.73. The van der Waals surface area contributed by atoms with E-state index in [0.29, 0.717) is 11.3 Å². The molecule has 3 nitrogen and oxygen atoms in total. The molecule has 0 saturated heterocycles. The smallest absolute Gasteiger partial charge is 0.153 e. The fourth-order valence-corrected chi connectivity index (χ4v) is 1.84. The Morgan fingerprint density at radius 2 is 1.94 bits per heavy atom. The zero-order valence-electron chi connectivity index (χ0n) is 9.56. The number of aromatic nitrogens is 3. The van der Waals surface area contributed by atoms with Crippen LogP contribution in [0.3, 0.4) is 0 Å². The van der Waals surface area contributed by atoms with E-state index in [0.717, 1.165) is 11.8 Å². The number of rotatable bonds is 1. The number of aryl methyl sites for hydroxylation is 1. The van der Waals surface area contributed by atoms with E-state index >= 15 is 0 Å². The third-order valence-electron chi connectivity index (χ3n) is 2.65. The van der Waals surface area contributed by atoms with Crippen LogP contribution >= 0.6 is 0 Å². The lowest BCUT2D eigenvalue weighted by atomic mass is 10.1. The van der Waals surface area contributed by atoms with E-state index in [1.807, 2.05) is 6.92 Å². The molecule has 2 aromatic heterocycles. The molecule has 0 amide bonds. The van der Waals surface area contributed by atoms with E-state index in [1.165, 1.54) is 12.1 Å². The van der Waals surface area contributed by atoms with Crippen LogP contribution in [0.5, 0.6) is 0 Å². The summed E-state index contributed by atoms with van der Waals surface area (Å²) >= 11 is 0. The number of hydrogen-bond donors (Lipinski definition) is 0. The summed E-state index contributed by atoms with van der Waals surface area (Å²) in [7, 11) is 0. The Morgan fingerprint density at radius 3 is 2.72 bits per heavy atom. The molecule has 0 N–H and O–H groups in total. The van der Waals surface area contributed by atoms with Gasteiger partial charge in [-0.2, -0.15) is 5.10 Å². The van der Waals surface area contributed by atoms with Crippen LogP contribution in [-0.4, -0.2) is 14.6 Å². The molecule has 2 heterocycles. The molecule has 0 bridgehead atoms. The molecule has 5 heteroatoms. The van der Waals surface area contributed by atoms with E-state index < -0.39 is 11.6 Å². The number of fused-ring (bicyclic) bond motifs is 1. The lowest BCUT2D eigenvalue weighted by molar-refractivity contribution is 0.585. The average Bonchev–Trinajstić information content (AvgIpc) is 2.68. The van der Waals surface area contributed by atoms with E-state index in [2.05, 4.69) is 10.1 Å². The zero-order chi connectivity index (χ0) is 12.7. The molecule has 0 atom stereocenters. The number of nitrogens with zero attached hydrogens (tertiary/aromatic N) is 3. The molecule has 3 aromatic rings. The van der Waals surface area contributed by atoms with Crippen LogP contribution in [0, 0.1) is 18.6 Å². The monoisotopic (exact) mass is 245 g/mol. The summed E-state index contributed by atoms with van der Waals surface area (Å²) in [6.45, 7) is 1.85. The van der Waals surface area contributed by atoms with Crippen molar-refractivity contribution >= 4 is 5.65 Å². The van der Waals surface area contributed by atoms with Crippen LogP contribution in [0.4, 0.5) is 8.78 Å². The van der Waals surface area contributed by atoms with Crippen LogP contribution in [0.2, 0.25) is 0 Å². The minimum Gasteiger partial charge on any atom is -0.232 e. The highest BCUT2D eigenvalue weighted by Crippen LogP contribution is 2.21. The molecule has 0 aliphatic heterocycles. The molecule has 18 heavy (non-hydrogen) atoms. The Kier molecular flexibility index (Phi) is 2.33. The SMILES string of the molecule is Cc1cn2nc(-c3ccc(F)cc3F)ccc2n1. The van der Waals surface area contributed by atoms with Gasteiger partial charge in [0.1, 0.15) is 11.6 Å². The minimum absolute atomic E-state index is 0.268. The van der Waals surface area contributed by atoms with Crippen LogP contribution in [0.25, 0.3) is 16.9 Å². The second kappa shape index (κ2) is 3.87.